The number of methoxy groups -OCH3 is 1. The van der Waals surface area contributed by atoms with Crippen molar-refractivity contribution < 1.29 is 13.9 Å². The van der Waals surface area contributed by atoms with Crippen LogP contribution in [0.3, 0.4) is 0 Å². The largest absolute Gasteiger partial charge is 0.494 e. The zero-order chi connectivity index (χ0) is 15.2. The molecule has 2 aromatic rings. The van der Waals surface area contributed by atoms with E-state index in [0.29, 0.717) is 6.61 Å². The summed E-state index contributed by atoms with van der Waals surface area (Å²) < 4.78 is 24.1. The second-order valence-electron chi connectivity index (χ2n) is 4.84. The molecule has 1 atom stereocenters. The zero-order valence-electron chi connectivity index (χ0n) is 12.3. The van der Waals surface area contributed by atoms with Gasteiger partial charge in [-0.25, -0.2) is 4.39 Å². The Morgan fingerprint density at radius 3 is 2.43 bits per heavy atom. The standard InChI is InChI=1S/C17H20FNO2/c1-3-16(19)13-5-7-14(8-6-13)21-11-12-4-9-17(20-2)15(18)10-12/h4-10,16H,3,11,19H2,1-2H3/t16-/m0/s1. The fourth-order valence-corrected chi connectivity index (χ4v) is 2.01. The lowest BCUT2D eigenvalue weighted by molar-refractivity contribution is 0.304. The first kappa shape index (κ1) is 15.3. The van der Waals surface area contributed by atoms with Gasteiger partial charge in [0.2, 0.25) is 0 Å². The number of nitrogens with two attached hydrogens (primary N) is 1. The van der Waals surface area contributed by atoms with Crippen LogP contribution in [0.5, 0.6) is 11.5 Å². The molecular formula is C17H20FNO2. The lowest BCUT2D eigenvalue weighted by atomic mass is 10.1. The van der Waals surface area contributed by atoms with E-state index in [-0.39, 0.29) is 17.6 Å². The van der Waals surface area contributed by atoms with Crippen molar-refractivity contribution in [2.45, 2.75) is 26.0 Å². The number of benzene rings is 2. The summed E-state index contributed by atoms with van der Waals surface area (Å²) in [5.41, 5.74) is 7.80. The maximum Gasteiger partial charge on any atom is 0.165 e. The molecule has 0 aliphatic heterocycles. The summed E-state index contributed by atoms with van der Waals surface area (Å²) in [6.45, 7) is 2.35. The molecular weight excluding hydrogens is 269 g/mol. The van der Waals surface area contributed by atoms with Gasteiger partial charge in [-0.15, -0.1) is 0 Å². The minimum atomic E-state index is -0.386. The van der Waals surface area contributed by atoms with Crippen molar-refractivity contribution in [3.8, 4) is 11.5 Å². The van der Waals surface area contributed by atoms with Gasteiger partial charge in [0.15, 0.2) is 11.6 Å². The molecule has 2 rings (SSSR count). The van der Waals surface area contributed by atoms with Crippen molar-refractivity contribution in [2.75, 3.05) is 7.11 Å². The second kappa shape index (κ2) is 7.09. The van der Waals surface area contributed by atoms with Crippen LogP contribution in [0.25, 0.3) is 0 Å². The van der Waals surface area contributed by atoms with Crippen molar-refractivity contribution >= 4 is 0 Å². The molecule has 0 unspecified atom stereocenters. The molecule has 0 bridgehead atoms. The van der Waals surface area contributed by atoms with Gasteiger partial charge in [-0.3, -0.25) is 0 Å². The van der Waals surface area contributed by atoms with Crippen LogP contribution >= 0.6 is 0 Å². The molecule has 21 heavy (non-hydrogen) atoms. The van der Waals surface area contributed by atoms with Crippen molar-refractivity contribution in [2.24, 2.45) is 5.73 Å². The fraction of sp³-hybridized carbons (Fsp3) is 0.294. The average Bonchev–Trinajstić information content (AvgIpc) is 2.52. The molecule has 4 heteroatoms. The minimum Gasteiger partial charge on any atom is -0.494 e. The number of rotatable bonds is 6. The van der Waals surface area contributed by atoms with E-state index >= 15 is 0 Å². The highest BCUT2D eigenvalue weighted by atomic mass is 19.1. The first-order valence-electron chi connectivity index (χ1n) is 6.94. The van der Waals surface area contributed by atoms with Gasteiger partial charge >= 0.3 is 0 Å². The van der Waals surface area contributed by atoms with Gasteiger partial charge in [-0.2, -0.15) is 0 Å². The highest BCUT2D eigenvalue weighted by molar-refractivity contribution is 5.31. The Hall–Kier alpha value is -2.07. The van der Waals surface area contributed by atoms with Gasteiger partial charge in [0.1, 0.15) is 12.4 Å². The number of ether oxygens (including phenoxy) is 2. The summed E-state index contributed by atoms with van der Waals surface area (Å²) in [7, 11) is 1.44. The van der Waals surface area contributed by atoms with Gasteiger partial charge < -0.3 is 15.2 Å². The molecule has 0 spiro atoms. The van der Waals surface area contributed by atoms with Gasteiger partial charge in [0.25, 0.3) is 0 Å². The summed E-state index contributed by atoms with van der Waals surface area (Å²) in [6.07, 6.45) is 0.894. The minimum absolute atomic E-state index is 0.0507. The van der Waals surface area contributed by atoms with Crippen LogP contribution in [0, 0.1) is 5.82 Å². The Morgan fingerprint density at radius 1 is 1.14 bits per heavy atom. The SMILES string of the molecule is CC[C@H](N)c1ccc(OCc2ccc(OC)c(F)c2)cc1. The Kier molecular flexibility index (Phi) is 5.17. The monoisotopic (exact) mass is 289 g/mol. The molecule has 0 heterocycles. The molecule has 0 fully saturated rings. The molecule has 112 valence electrons. The molecule has 0 aliphatic rings. The Bertz CT molecular complexity index is 584. The van der Waals surface area contributed by atoms with E-state index in [1.807, 2.05) is 31.2 Å². The number of halogens is 1. The first-order valence-corrected chi connectivity index (χ1v) is 6.94. The van der Waals surface area contributed by atoms with Gasteiger partial charge in [0, 0.05) is 6.04 Å². The van der Waals surface area contributed by atoms with Crippen LogP contribution in [-0.4, -0.2) is 7.11 Å². The van der Waals surface area contributed by atoms with Gasteiger partial charge in [0.05, 0.1) is 7.11 Å². The van der Waals surface area contributed by atoms with Crippen molar-refractivity contribution in [3.63, 3.8) is 0 Å². The van der Waals surface area contributed by atoms with Crippen LogP contribution in [-0.2, 0) is 6.61 Å². The Morgan fingerprint density at radius 2 is 1.86 bits per heavy atom. The fourth-order valence-electron chi connectivity index (χ4n) is 2.01. The molecule has 2 N–H and O–H groups in total. The highest BCUT2D eigenvalue weighted by Gasteiger charge is 2.05. The first-order chi connectivity index (χ1) is 10.1. The molecule has 0 amide bonds. The van der Waals surface area contributed by atoms with E-state index in [1.165, 1.54) is 13.2 Å². The van der Waals surface area contributed by atoms with Crippen LogP contribution in [0.15, 0.2) is 42.5 Å². The third kappa shape index (κ3) is 3.95. The molecule has 0 saturated heterocycles. The van der Waals surface area contributed by atoms with Gasteiger partial charge in [-0.1, -0.05) is 25.1 Å². The van der Waals surface area contributed by atoms with E-state index in [4.69, 9.17) is 15.2 Å². The van der Waals surface area contributed by atoms with E-state index in [9.17, 15) is 4.39 Å². The molecule has 0 aromatic heterocycles. The van der Waals surface area contributed by atoms with Crippen LogP contribution in [0.2, 0.25) is 0 Å². The maximum atomic E-state index is 13.6. The van der Waals surface area contributed by atoms with Gasteiger partial charge in [-0.05, 0) is 41.8 Å². The third-order valence-corrected chi connectivity index (χ3v) is 3.37. The lowest BCUT2D eigenvalue weighted by Gasteiger charge is -2.11. The Balaban J connectivity index is 1.98. The number of hydrogen-bond acceptors (Lipinski definition) is 3. The third-order valence-electron chi connectivity index (χ3n) is 3.37. The summed E-state index contributed by atoms with van der Waals surface area (Å²) >= 11 is 0. The molecule has 2 aromatic carbocycles. The normalized spacial score (nSPS) is 12.0. The van der Waals surface area contributed by atoms with E-state index in [0.717, 1.165) is 23.3 Å². The second-order valence-corrected chi connectivity index (χ2v) is 4.84. The molecule has 0 radical (unpaired) electrons. The smallest absolute Gasteiger partial charge is 0.165 e. The summed E-state index contributed by atoms with van der Waals surface area (Å²) in [5, 5.41) is 0. The average molecular weight is 289 g/mol. The molecule has 0 saturated carbocycles. The predicted octanol–water partition coefficient (Wildman–Crippen LogP) is 3.82. The maximum absolute atomic E-state index is 13.6. The lowest BCUT2D eigenvalue weighted by Crippen LogP contribution is -2.08. The van der Waals surface area contributed by atoms with Crippen LogP contribution < -0.4 is 15.2 Å². The van der Waals surface area contributed by atoms with Crippen LogP contribution in [0.1, 0.15) is 30.5 Å². The van der Waals surface area contributed by atoms with E-state index in [2.05, 4.69) is 0 Å². The molecule has 0 aliphatic carbocycles. The summed E-state index contributed by atoms with van der Waals surface area (Å²) in [5.74, 6) is 0.581. The van der Waals surface area contributed by atoms with Crippen molar-refractivity contribution in [1.82, 2.24) is 0 Å². The quantitative estimate of drug-likeness (QED) is 0.879. The van der Waals surface area contributed by atoms with Crippen molar-refractivity contribution in [1.29, 1.82) is 0 Å². The topological polar surface area (TPSA) is 44.5 Å². The van der Waals surface area contributed by atoms with Crippen molar-refractivity contribution in [3.05, 3.63) is 59.4 Å². The zero-order valence-corrected chi connectivity index (χ0v) is 12.3. The summed E-state index contributed by atoms with van der Waals surface area (Å²) in [4.78, 5) is 0. The predicted molar refractivity (Wildman–Crippen MR) is 80.9 cm³/mol. The van der Waals surface area contributed by atoms with E-state index in [1.54, 1.807) is 12.1 Å². The van der Waals surface area contributed by atoms with Crippen LogP contribution in [0.4, 0.5) is 4.39 Å². The van der Waals surface area contributed by atoms with E-state index < -0.39 is 0 Å². The molecule has 3 nitrogen and oxygen atoms in total. The summed E-state index contributed by atoms with van der Waals surface area (Å²) in [6, 6.07) is 12.5. The Labute approximate surface area is 124 Å². The number of hydrogen-bond donors (Lipinski definition) is 1. The highest BCUT2D eigenvalue weighted by Crippen LogP contribution is 2.21.